The molecule has 1 amide bonds. The van der Waals surface area contributed by atoms with Crippen LogP contribution in [0.25, 0.3) is 0 Å². The number of amides is 1. The van der Waals surface area contributed by atoms with Gasteiger partial charge in [-0.15, -0.1) is 0 Å². The van der Waals surface area contributed by atoms with Crippen LogP contribution in [0.5, 0.6) is 0 Å². The molecule has 0 aliphatic carbocycles. The summed E-state index contributed by atoms with van der Waals surface area (Å²) in [6.07, 6.45) is 1.03. The molecule has 0 unspecified atom stereocenters. The predicted molar refractivity (Wildman–Crippen MR) is 77.7 cm³/mol. The average Bonchev–Trinajstić information content (AvgIpc) is 2.36. The number of rotatable bonds is 2. The van der Waals surface area contributed by atoms with Crippen LogP contribution in [0, 0.1) is 10.1 Å². The summed E-state index contributed by atoms with van der Waals surface area (Å²) < 4.78 is -0.0543. The van der Waals surface area contributed by atoms with Crippen molar-refractivity contribution >= 4 is 29.2 Å². The van der Waals surface area contributed by atoms with Gasteiger partial charge in [-0.25, -0.2) is 4.98 Å². The zero-order chi connectivity index (χ0) is 14.9. The van der Waals surface area contributed by atoms with Crippen molar-refractivity contribution in [2.24, 2.45) is 0 Å². The maximum absolute atomic E-state index is 12.5. The highest BCUT2D eigenvalue weighted by molar-refractivity contribution is 8.00. The van der Waals surface area contributed by atoms with E-state index in [2.05, 4.69) is 4.98 Å². The van der Waals surface area contributed by atoms with Crippen LogP contribution < -0.4 is 5.73 Å². The van der Waals surface area contributed by atoms with Crippen molar-refractivity contribution in [3.8, 4) is 0 Å². The van der Waals surface area contributed by atoms with Gasteiger partial charge in [0.2, 0.25) is 0 Å². The molecule has 2 heterocycles. The van der Waals surface area contributed by atoms with E-state index in [1.165, 1.54) is 6.07 Å². The van der Waals surface area contributed by atoms with Gasteiger partial charge in [-0.3, -0.25) is 14.9 Å². The summed E-state index contributed by atoms with van der Waals surface area (Å²) in [6, 6.07) is 1.27. The SMILES string of the molecule is CC1(C)CN(C(=O)c2cc(N)ncc2[N+](=O)[O-])CCS1. The molecule has 7 nitrogen and oxygen atoms in total. The second kappa shape index (κ2) is 5.28. The average molecular weight is 296 g/mol. The third kappa shape index (κ3) is 3.01. The van der Waals surface area contributed by atoms with Crippen LogP contribution in [0.4, 0.5) is 11.5 Å². The Morgan fingerprint density at radius 2 is 2.30 bits per heavy atom. The molecule has 20 heavy (non-hydrogen) atoms. The molecule has 2 N–H and O–H groups in total. The summed E-state index contributed by atoms with van der Waals surface area (Å²) >= 11 is 1.79. The van der Waals surface area contributed by atoms with Crippen molar-refractivity contribution in [3.63, 3.8) is 0 Å². The lowest BCUT2D eigenvalue weighted by Gasteiger charge is -2.37. The maximum atomic E-state index is 12.5. The van der Waals surface area contributed by atoms with E-state index in [0.717, 1.165) is 11.9 Å². The lowest BCUT2D eigenvalue weighted by Crippen LogP contribution is -2.46. The smallest absolute Gasteiger partial charge is 0.300 e. The van der Waals surface area contributed by atoms with Gasteiger partial charge in [-0.1, -0.05) is 0 Å². The monoisotopic (exact) mass is 296 g/mol. The summed E-state index contributed by atoms with van der Waals surface area (Å²) in [6.45, 7) is 5.22. The van der Waals surface area contributed by atoms with Gasteiger partial charge in [-0.05, 0) is 19.9 Å². The first kappa shape index (κ1) is 14.6. The number of carbonyl (C=O) groups excluding carboxylic acids is 1. The molecule has 0 saturated carbocycles. The van der Waals surface area contributed by atoms with Crippen LogP contribution >= 0.6 is 11.8 Å². The van der Waals surface area contributed by atoms with Gasteiger partial charge in [0.15, 0.2) is 0 Å². The van der Waals surface area contributed by atoms with Crippen molar-refractivity contribution in [1.29, 1.82) is 0 Å². The molecule has 1 aromatic rings. The predicted octanol–water partition coefficient (Wildman–Crippen LogP) is 1.54. The molecule has 1 saturated heterocycles. The van der Waals surface area contributed by atoms with Crippen molar-refractivity contribution < 1.29 is 9.72 Å². The number of nitrogens with two attached hydrogens (primary N) is 1. The lowest BCUT2D eigenvalue weighted by atomic mass is 10.1. The largest absolute Gasteiger partial charge is 0.384 e. The van der Waals surface area contributed by atoms with E-state index in [9.17, 15) is 14.9 Å². The Kier molecular flexibility index (Phi) is 3.85. The van der Waals surface area contributed by atoms with Crippen LogP contribution in [0.2, 0.25) is 0 Å². The standard InChI is InChI=1S/C12H16N4O3S/c1-12(2)7-15(3-4-20-12)11(17)8-5-10(13)14-6-9(8)16(18)19/h5-6H,3-4,7H2,1-2H3,(H2,13,14). The van der Waals surface area contributed by atoms with E-state index in [4.69, 9.17) is 5.73 Å². The Morgan fingerprint density at radius 3 is 2.90 bits per heavy atom. The molecule has 108 valence electrons. The Labute approximate surface area is 120 Å². The minimum atomic E-state index is -0.608. The third-order valence-electron chi connectivity index (χ3n) is 3.04. The Balaban J connectivity index is 2.33. The number of nitrogens with zero attached hydrogens (tertiary/aromatic N) is 3. The summed E-state index contributed by atoms with van der Waals surface area (Å²) in [5.41, 5.74) is 5.24. The van der Waals surface area contributed by atoms with Crippen molar-refractivity contribution in [2.45, 2.75) is 18.6 Å². The van der Waals surface area contributed by atoms with Crippen LogP contribution in [0.15, 0.2) is 12.3 Å². The van der Waals surface area contributed by atoms with Gasteiger partial charge in [0.25, 0.3) is 11.6 Å². The minimum Gasteiger partial charge on any atom is -0.384 e. The van der Waals surface area contributed by atoms with E-state index in [-0.39, 0.29) is 27.7 Å². The number of aromatic nitrogens is 1. The zero-order valence-electron chi connectivity index (χ0n) is 11.3. The molecule has 2 rings (SSSR count). The molecular formula is C12H16N4O3S. The first-order chi connectivity index (χ1) is 9.30. The van der Waals surface area contributed by atoms with Crippen LogP contribution in [0.1, 0.15) is 24.2 Å². The number of carbonyl (C=O) groups is 1. The molecule has 1 aliphatic rings. The Bertz CT molecular complexity index is 562. The van der Waals surface area contributed by atoms with Crippen molar-refractivity contribution in [3.05, 3.63) is 27.9 Å². The summed E-state index contributed by atoms with van der Waals surface area (Å²) in [5.74, 6) is 0.552. The molecule has 0 atom stereocenters. The first-order valence-corrected chi connectivity index (χ1v) is 7.12. The zero-order valence-corrected chi connectivity index (χ0v) is 12.1. The van der Waals surface area contributed by atoms with E-state index < -0.39 is 4.92 Å². The molecule has 8 heteroatoms. The second-order valence-corrected chi connectivity index (χ2v) is 7.02. The van der Waals surface area contributed by atoms with Crippen molar-refractivity contribution in [2.75, 3.05) is 24.6 Å². The van der Waals surface area contributed by atoms with E-state index >= 15 is 0 Å². The maximum Gasteiger partial charge on any atom is 0.300 e. The quantitative estimate of drug-likeness (QED) is 0.656. The van der Waals surface area contributed by atoms with Gasteiger partial charge in [0.05, 0.1) is 4.92 Å². The normalized spacial score (nSPS) is 17.8. The highest BCUT2D eigenvalue weighted by Crippen LogP contribution is 2.31. The van der Waals surface area contributed by atoms with Crippen LogP contribution in [-0.2, 0) is 0 Å². The fourth-order valence-corrected chi connectivity index (χ4v) is 3.25. The third-order valence-corrected chi connectivity index (χ3v) is 4.34. The highest BCUT2D eigenvalue weighted by atomic mass is 32.2. The Hall–Kier alpha value is -1.83. The lowest BCUT2D eigenvalue weighted by molar-refractivity contribution is -0.385. The van der Waals surface area contributed by atoms with Crippen molar-refractivity contribution in [1.82, 2.24) is 9.88 Å². The van der Waals surface area contributed by atoms with Gasteiger partial charge in [0.1, 0.15) is 17.6 Å². The number of nitrogen functional groups attached to an aromatic ring is 1. The van der Waals surface area contributed by atoms with E-state index in [1.54, 1.807) is 16.7 Å². The number of nitro groups is 1. The molecular weight excluding hydrogens is 280 g/mol. The van der Waals surface area contributed by atoms with Gasteiger partial charge in [0, 0.05) is 23.6 Å². The fraction of sp³-hybridized carbons (Fsp3) is 0.500. The van der Waals surface area contributed by atoms with E-state index in [0.29, 0.717) is 13.1 Å². The molecule has 1 aliphatic heterocycles. The Morgan fingerprint density at radius 1 is 1.60 bits per heavy atom. The number of pyridine rings is 1. The summed E-state index contributed by atoms with van der Waals surface area (Å²) in [5, 5.41) is 11.0. The molecule has 1 fully saturated rings. The summed E-state index contributed by atoms with van der Waals surface area (Å²) in [4.78, 5) is 28.2. The van der Waals surface area contributed by atoms with Gasteiger partial charge < -0.3 is 10.6 Å². The fourth-order valence-electron chi connectivity index (χ4n) is 2.14. The highest BCUT2D eigenvalue weighted by Gasteiger charge is 2.33. The van der Waals surface area contributed by atoms with E-state index in [1.807, 2.05) is 13.8 Å². The number of hydrogen-bond donors (Lipinski definition) is 1. The molecule has 0 spiro atoms. The van der Waals surface area contributed by atoms with Gasteiger partial charge >= 0.3 is 0 Å². The topological polar surface area (TPSA) is 102 Å². The molecule has 0 radical (unpaired) electrons. The van der Waals surface area contributed by atoms with Gasteiger partial charge in [-0.2, -0.15) is 11.8 Å². The van der Waals surface area contributed by atoms with Crippen LogP contribution in [0.3, 0.4) is 0 Å². The number of thioether (sulfide) groups is 1. The number of anilines is 1. The van der Waals surface area contributed by atoms with Crippen LogP contribution in [-0.4, -0.2) is 44.3 Å². The molecule has 0 aromatic carbocycles. The minimum absolute atomic E-state index is 0.00481. The number of hydrogen-bond acceptors (Lipinski definition) is 6. The summed E-state index contributed by atoms with van der Waals surface area (Å²) in [7, 11) is 0. The molecule has 0 bridgehead atoms. The second-order valence-electron chi connectivity index (χ2n) is 5.22. The molecule has 1 aromatic heterocycles. The first-order valence-electron chi connectivity index (χ1n) is 6.13.